The summed E-state index contributed by atoms with van der Waals surface area (Å²) < 4.78 is 0. The van der Waals surface area contributed by atoms with Gasteiger partial charge in [-0.25, -0.2) is 4.79 Å². The van der Waals surface area contributed by atoms with Crippen molar-refractivity contribution in [3.8, 4) is 5.75 Å². The number of benzene rings is 3. The predicted octanol–water partition coefficient (Wildman–Crippen LogP) is 2.77. The Morgan fingerprint density at radius 3 is 2.28 bits per heavy atom. The fourth-order valence-electron chi connectivity index (χ4n) is 3.89. The predicted molar refractivity (Wildman–Crippen MR) is 123 cm³/mol. The van der Waals surface area contributed by atoms with Crippen molar-refractivity contribution in [1.82, 2.24) is 15.1 Å². The van der Waals surface area contributed by atoms with Crippen molar-refractivity contribution >= 4 is 22.6 Å². The first-order valence-corrected chi connectivity index (χ1v) is 10.7. The minimum atomic E-state index is -0.969. The number of hydrogen-bond acceptors (Lipinski definition) is 5. The van der Waals surface area contributed by atoms with Gasteiger partial charge in [0.1, 0.15) is 5.75 Å². The third-order valence-electron chi connectivity index (χ3n) is 5.95. The van der Waals surface area contributed by atoms with Gasteiger partial charge in [0.25, 0.3) is 5.91 Å². The number of carboxylic acid groups (broad SMARTS) is 1. The SMILES string of the molecule is CN1CCN(CNC(=O)c2ccc3cc(O)c(Cc4ccc(C(=O)O)cc4)cc3c2)CC1. The summed E-state index contributed by atoms with van der Waals surface area (Å²) in [5.74, 6) is -0.916. The van der Waals surface area contributed by atoms with E-state index in [-0.39, 0.29) is 17.2 Å². The zero-order valence-electron chi connectivity index (χ0n) is 18.0. The lowest BCUT2D eigenvalue weighted by molar-refractivity contribution is 0.0696. The van der Waals surface area contributed by atoms with E-state index >= 15 is 0 Å². The number of carboxylic acids is 1. The number of fused-ring (bicyclic) bond motifs is 1. The molecule has 0 unspecified atom stereocenters. The van der Waals surface area contributed by atoms with E-state index in [0.29, 0.717) is 18.7 Å². The maximum absolute atomic E-state index is 12.7. The summed E-state index contributed by atoms with van der Waals surface area (Å²) >= 11 is 0. The van der Waals surface area contributed by atoms with Gasteiger partial charge in [-0.2, -0.15) is 0 Å². The van der Waals surface area contributed by atoms with Gasteiger partial charge in [-0.05, 0) is 65.3 Å². The number of piperazine rings is 1. The summed E-state index contributed by atoms with van der Waals surface area (Å²) in [5.41, 5.74) is 2.42. The minimum absolute atomic E-state index is 0.121. The molecule has 3 aromatic rings. The van der Waals surface area contributed by atoms with Crippen molar-refractivity contribution in [2.75, 3.05) is 39.9 Å². The molecule has 1 aliphatic rings. The minimum Gasteiger partial charge on any atom is -0.508 e. The van der Waals surface area contributed by atoms with Gasteiger partial charge in [0.05, 0.1) is 12.2 Å². The van der Waals surface area contributed by atoms with E-state index < -0.39 is 5.97 Å². The summed E-state index contributed by atoms with van der Waals surface area (Å²) in [5, 5.41) is 24.2. The van der Waals surface area contributed by atoms with Crippen molar-refractivity contribution in [3.63, 3.8) is 0 Å². The van der Waals surface area contributed by atoms with E-state index in [9.17, 15) is 14.7 Å². The molecule has 166 valence electrons. The lowest BCUT2D eigenvalue weighted by Crippen LogP contribution is -2.48. The highest BCUT2D eigenvalue weighted by Crippen LogP contribution is 2.28. The van der Waals surface area contributed by atoms with Gasteiger partial charge in [-0.3, -0.25) is 9.69 Å². The number of carbonyl (C=O) groups is 2. The molecule has 0 spiro atoms. The van der Waals surface area contributed by atoms with Crippen LogP contribution in [0.4, 0.5) is 0 Å². The van der Waals surface area contributed by atoms with Crippen LogP contribution in [0.2, 0.25) is 0 Å². The zero-order valence-corrected chi connectivity index (χ0v) is 18.0. The van der Waals surface area contributed by atoms with E-state index in [1.165, 1.54) is 0 Å². The van der Waals surface area contributed by atoms with Crippen LogP contribution < -0.4 is 5.32 Å². The van der Waals surface area contributed by atoms with Crippen LogP contribution in [0.5, 0.6) is 5.75 Å². The van der Waals surface area contributed by atoms with Crippen molar-refractivity contribution in [3.05, 3.63) is 76.9 Å². The first-order chi connectivity index (χ1) is 15.4. The number of nitrogens with zero attached hydrogens (tertiary/aromatic N) is 2. The first-order valence-electron chi connectivity index (χ1n) is 10.7. The largest absolute Gasteiger partial charge is 0.508 e. The molecular formula is C25H27N3O4. The van der Waals surface area contributed by atoms with Gasteiger partial charge in [-0.15, -0.1) is 0 Å². The van der Waals surface area contributed by atoms with Gasteiger partial charge in [0, 0.05) is 38.2 Å². The van der Waals surface area contributed by atoms with Crippen molar-refractivity contribution in [2.45, 2.75) is 6.42 Å². The van der Waals surface area contributed by atoms with Crippen LogP contribution in [0.25, 0.3) is 10.8 Å². The highest BCUT2D eigenvalue weighted by Gasteiger charge is 2.15. The van der Waals surface area contributed by atoms with Crippen LogP contribution >= 0.6 is 0 Å². The number of likely N-dealkylation sites (N-methyl/N-ethyl adjacent to an activating group) is 1. The van der Waals surface area contributed by atoms with Gasteiger partial charge in [-0.1, -0.05) is 18.2 Å². The number of phenolic OH excluding ortho intramolecular Hbond substituents is 1. The molecule has 0 radical (unpaired) electrons. The van der Waals surface area contributed by atoms with Gasteiger partial charge in [0.2, 0.25) is 0 Å². The molecule has 0 saturated carbocycles. The molecule has 7 nitrogen and oxygen atoms in total. The standard InChI is InChI=1S/C25H27N3O4/c1-27-8-10-28(11-9-27)16-26-24(30)20-7-6-19-15-23(29)22(14-21(19)13-20)12-17-2-4-18(5-3-17)25(31)32/h2-7,13-15,29H,8-12,16H2,1H3,(H,26,30)(H,31,32). The van der Waals surface area contributed by atoms with E-state index in [4.69, 9.17) is 5.11 Å². The Morgan fingerprint density at radius 2 is 1.59 bits per heavy atom. The molecule has 3 N–H and O–H groups in total. The highest BCUT2D eigenvalue weighted by atomic mass is 16.4. The van der Waals surface area contributed by atoms with E-state index in [2.05, 4.69) is 22.2 Å². The number of aromatic hydroxyl groups is 1. The molecule has 1 amide bonds. The van der Waals surface area contributed by atoms with Crippen LogP contribution in [0.1, 0.15) is 31.8 Å². The third kappa shape index (κ3) is 5.07. The van der Waals surface area contributed by atoms with Crippen LogP contribution in [0.15, 0.2) is 54.6 Å². The second-order valence-electron chi connectivity index (χ2n) is 8.31. The Labute approximate surface area is 186 Å². The molecule has 1 fully saturated rings. The average Bonchev–Trinajstić information content (AvgIpc) is 2.79. The van der Waals surface area contributed by atoms with Gasteiger partial charge < -0.3 is 20.4 Å². The van der Waals surface area contributed by atoms with E-state index in [0.717, 1.165) is 48.1 Å². The Morgan fingerprint density at radius 1 is 0.906 bits per heavy atom. The molecule has 1 heterocycles. The Balaban J connectivity index is 1.48. The molecule has 0 aliphatic carbocycles. The van der Waals surface area contributed by atoms with Crippen molar-refractivity contribution in [2.24, 2.45) is 0 Å². The quantitative estimate of drug-likeness (QED) is 0.554. The third-order valence-corrected chi connectivity index (χ3v) is 5.95. The molecule has 32 heavy (non-hydrogen) atoms. The molecule has 0 aromatic heterocycles. The number of aromatic carboxylic acids is 1. The number of carbonyl (C=O) groups excluding carboxylic acids is 1. The summed E-state index contributed by atoms with van der Waals surface area (Å²) in [4.78, 5) is 28.2. The zero-order chi connectivity index (χ0) is 22.7. The topological polar surface area (TPSA) is 93.1 Å². The smallest absolute Gasteiger partial charge is 0.335 e. The molecule has 0 bridgehead atoms. The molecule has 7 heteroatoms. The summed E-state index contributed by atoms with van der Waals surface area (Å²) in [6.45, 7) is 4.39. The number of amides is 1. The number of rotatable bonds is 6. The maximum atomic E-state index is 12.7. The number of nitrogens with one attached hydrogen (secondary N) is 1. The fraction of sp³-hybridized carbons (Fsp3) is 0.280. The Kier molecular flexibility index (Phi) is 6.39. The van der Waals surface area contributed by atoms with E-state index in [1.54, 1.807) is 36.4 Å². The van der Waals surface area contributed by atoms with Crippen molar-refractivity contribution < 1.29 is 19.8 Å². The van der Waals surface area contributed by atoms with Gasteiger partial charge in [0.15, 0.2) is 0 Å². The average molecular weight is 434 g/mol. The summed E-state index contributed by atoms with van der Waals surface area (Å²) in [6.07, 6.45) is 0.460. The monoisotopic (exact) mass is 433 g/mol. The molecule has 3 aromatic carbocycles. The second kappa shape index (κ2) is 9.38. The fourth-order valence-corrected chi connectivity index (χ4v) is 3.89. The lowest BCUT2D eigenvalue weighted by Gasteiger charge is -2.32. The van der Waals surface area contributed by atoms with Crippen LogP contribution in [-0.4, -0.2) is 71.8 Å². The Bertz CT molecular complexity index is 1140. The molecule has 4 rings (SSSR count). The molecule has 0 atom stereocenters. The highest BCUT2D eigenvalue weighted by molar-refractivity contribution is 5.99. The van der Waals surface area contributed by atoms with Gasteiger partial charge >= 0.3 is 5.97 Å². The normalized spacial score (nSPS) is 15.0. The molecule has 1 saturated heterocycles. The van der Waals surface area contributed by atoms with Crippen LogP contribution in [0, 0.1) is 0 Å². The summed E-state index contributed by atoms with van der Waals surface area (Å²) in [7, 11) is 2.10. The lowest BCUT2D eigenvalue weighted by atomic mass is 9.98. The van der Waals surface area contributed by atoms with E-state index in [1.807, 2.05) is 18.2 Å². The summed E-state index contributed by atoms with van der Waals surface area (Å²) in [6, 6.07) is 15.6. The number of hydrogen-bond donors (Lipinski definition) is 3. The molecule has 1 aliphatic heterocycles. The molecular weight excluding hydrogens is 406 g/mol. The second-order valence-corrected chi connectivity index (χ2v) is 8.31. The first kappa shape index (κ1) is 21.8. The Hall–Kier alpha value is -3.42. The van der Waals surface area contributed by atoms with Crippen molar-refractivity contribution in [1.29, 1.82) is 0 Å². The van der Waals surface area contributed by atoms with Crippen LogP contribution in [0.3, 0.4) is 0 Å². The number of phenols is 1. The maximum Gasteiger partial charge on any atom is 0.335 e. The van der Waals surface area contributed by atoms with Crippen LogP contribution in [-0.2, 0) is 6.42 Å².